The minimum absolute atomic E-state index is 0.0247. The van der Waals surface area contributed by atoms with Gasteiger partial charge in [-0.25, -0.2) is 8.42 Å². The summed E-state index contributed by atoms with van der Waals surface area (Å²) < 4.78 is 35.4. The Labute approximate surface area is 227 Å². The Balaban J connectivity index is 1.60. The molecule has 39 heavy (non-hydrogen) atoms. The second-order valence-corrected chi connectivity index (χ2v) is 11.6. The van der Waals surface area contributed by atoms with Crippen molar-refractivity contribution in [3.63, 3.8) is 0 Å². The van der Waals surface area contributed by atoms with Gasteiger partial charge in [-0.05, 0) is 75.2 Å². The molecular formula is C28H30N4O6S. The van der Waals surface area contributed by atoms with Gasteiger partial charge in [0.2, 0.25) is 10.0 Å². The highest BCUT2D eigenvalue weighted by molar-refractivity contribution is 7.89. The Morgan fingerprint density at radius 3 is 2.36 bits per heavy atom. The predicted octanol–water partition coefficient (Wildman–Crippen LogP) is 4.24. The van der Waals surface area contributed by atoms with Gasteiger partial charge in [-0.15, -0.1) is 0 Å². The van der Waals surface area contributed by atoms with Gasteiger partial charge in [-0.1, -0.05) is 0 Å². The minimum atomic E-state index is -3.74. The van der Waals surface area contributed by atoms with Gasteiger partial charge >= 0.3 is 0 Å². The third-order valence-corrected chi connectivity index (χ3v) is 9.25. The first-order valence-electron chi connectivity index (χ1n) is 12.7. The molecule has 0 atom stereocenters. The Hall–Kier alpha value is -3.80. The Kier molecular flexibility index (Phi) is 6.91. The maximum atomic E-state index is 13.5. The molecule has 1 fully saturated rings. The van der Waals surface area contributed by atoms with E-state index in [1.54, 1.807) is 35.2 Å². The number of carbonyl (C=O) groups excluding carboxylic acids is 1. The molecule has 2 aliphatic rings. The summed E-state index contributed by atoms with van der Waals surface area (Å²) in [5, 5.41) is 11.2. The highest BCUT2D eigenvalue weighted by Crippen LogP contribution is 2.40. The van der Waals surface area contributed by atoms with Crippen LogP contribution < -0.4 is 4.90 Å². The number of sulfonamides is 1. The third kappa shape index (κ3) is 4.56. The van der Waals surface area contributed by atoms with Crippen molar-refractivity contribution in [1.29, 1.82) is 0 Å². The van der Waals surface area contributed by atoms with E-state index in [-0.39, 0.29) is 29.6 Å². The van der Waals surface area contributed by atoms with Gasteiger partial charge < -0.3 is 14.2 Å². The number of nitro benzene ring substituents is 1. The molecule has 3 heterocycles. The monoisotopic (exact) mass is 550 g/mol. The molecule has 0 radical (unpaired) electrons. The van der Waals surface area contributed by atoms with Crippen LogP contribution >= 0.6 is 0 Å². The number of benzene rings is 2. The molecule has 5 rings (SSSR count). The first-order valence-corrected chi connectivity index (χ1v) is 14.2. The number of nitrogens with zero attached hydrogens (tertiary/aromatic N) is 4. The molecule has 1 amide bonds. The SMILES string of the molecule is CCN1C(=O)/C(=C\c2cc(C)n(-c3ccc([N+](=O)[O-])cc3C)c2C)c2cc(S(=O)(=O)N3CCOCC3)ccc21. The second-order valence-electron chi connectivity index (χ2n) is 9.69. The van der Waals surface area contributed by atoms with Gasteiger partial charge in [-0.3, -0.25) is 14.9 Å². The summed E-state index contributed by atoms with van der Waals surface area (Å²) in [4.78, 5) is 26.1. The topological polar surface area (TPSA) is 115 Å². The number of non-ortho nitro benzene ring substituents is 1. The maximum absolute atomic E-state index is 13.5. The van der Waals surface area contributed by atoms with E-state index in [1.165, 1.54) is 10.4 Å². The van der Waals surface area contributed by atoms with Crippen molar-refractivity contribution >= 4 is 39.0 Å². The lowest BCUT2D eigenvalue weighted by Crippen LogP contribution is -2.40. The lowest BCUT2D eigenvalue weighted by atomic mass is 10.0. The van der Waals surface area contributed by atoms with Gasteiger partial charge in [0.1, 0.15) is 0 Å². The molecule has 11 heteroatoms. The number of fused-ring (bicyclic) bond motifs is 1. The van der Waals surface area contributed by atoms with E-state index in [0.717, 1.165) is 28.2 Å². The van der Waals surface area contributed by atoms with Crippen LogP contribution in [0.3, 0.4) is 0 Å². The first-order chi connectivity index (χ1) is 18.5. The highest BCUT2D eigenvalue weighted by atomic mass is 32.2. The summed E-state index contributed by atoms with van der Waals surface area (Å²) >= 11 is 0. The first kappa shape index (κ1) is 26.8. The summed E-state index contributed by atoms with van der Waals surface area (Å²) in [7, 11) is -3.74. The number of nitro groups is 1. The van der Waals surface area contributed by atoms with Crippen LogP contribution in [-0.4, -0.2) is 61.0 Å². The summed E-state index contributed by atoms with van der Waals surface area (Å²) in [5.74, 6) is -0.190. The van der Waals surface area contributed by atoms with Crippen LogP contribution in [0.2, 0.25) is 0 Å². The molecule has 10 nitrogen and oxygen atoms in total. The molecule has 3 aromatic rings. The summed E-state index contributed by atoms with van der Waals surface area (Å²) in [5.41, 5.74) is 5.83. The minimum Gasteiger partial charge on any atom is -0.379 e. The number of anilines is 1. The number of rotatable bonds is 6. The molecule has 1 aromatic heterocycles. The number of hydrogen-bond donors (Lipinski definition) is 0. The largest absolute Gasteiger partial charge is 0.379 e. The molecule has 2 aromatic carbocycles. The standard InChI is InChI=1S/C28H30N4O6S/c1-5-30-27-9-7-23(39(36,37)29-10-12-38-13-11-29)17-24(27)25(28(30)33)16-21-15-19(3)31(20(21)4)26-8-6-22(32(34)35)14-18(26)2/h6-9,14-17H,5,10-13H2,1-4H3/b25-16-. The zero-order valence-corrected chi connectivity index (χ0v) is 23.1. The molecule has 0 spiro atoms. The van der Waals surface area contributed by atoms with E-state index < -0.39 is 14.9 Å². The molecule has 204 valence electrons. The van der Waals surface area contributed by atoms with Crippen LogP contribution in [0.5, 0.6) is 0 Å². The summed E-state index contributed by atoms with van der Waals surface area (Å²) in [6.45, 7) is 9.29. The molecule has 2 aliphatic heterocycles. The number of aryl methyl sites for hydroxylation is 2. The molecule has 0 saturated carbocycles. The van der Waals surface area contributed by atoms with Crippen molar-refractivity contribution in [2.75, 3.05) is 37.7 Å². The molecular weight excluding hydrogens is 520 g/mol. The van der Waals surface area contributed by atoms with Crippen LogP contribution in [0.15, 0.2) is 47.4 Å². The quantitative estimate of drug-likeness (QED) is 0.258. The number of hydrogen-bond acceptors (Lipinski definition) is 6. The van der Waals surface area contributed by atoms with E-state index >= 15 is 0 Å². The average molecular weight is 551 g/mol. The number of carbonyl (C=O) groups is 1. The Bertz CT molecular complexity index is 1630. The van der Waals surface area contributed by atoms with Crippen molar-refractivity contribution in [2.45, 2.75) is 32.6 Å². The molecule has 0 unspecified atom stereocenters. The normalized spacial score (nSPS) is 17.2. The van der Waals surface area contributed by atoms with Crippen molar-refractivity contribution in [3.8, 4) is 5.69 Å². The predicted molar refractivity (Wildman–Crippen MR) is 149 cm³/mol. The smallest absolute Gasteiger partial charge is 0.269 e. The van der Waals surface area contributed by atoms with Crippen LogP contribution in [-0.2, 0) is 19.6 Å². The lowest BCUT2D eigenvalue weighted by molar-refractivity contribution is -0.384. The van der Waals surface area contributed by atoms with Crippen LogP contribution in [0.25, 0.3) is 17.3 Å². The van der Waals surface area contributed by atoms with Crippen molar-refractivity contribution in [1.82, 2.24) is 8.87 Å². The fraction of sp³-hybridized carbons (Fsp3) is 0.321. The molecule has 1 saturated heterocycles. The number of aromatic nitrogens is 1. The molecule has 0 aliphatic carbocycles. The number of amides is 1. The van der Waals surface area contributed by atoms with Crippen molar-refractivity contribution in [2.24, 2.45) is 0 Å². The number of morpholine rings is 1. The third-order valence-electron chi connectivity index (χ3n) is 7.35. The fourth-order valence-corrected chi connectivity index (χ4v) is 6.78. The van der Waals surface area contributed by atoms with Gasteiger partial charge in [0.15, 0.2) is 0 Å². The van der Waals surface area contributed by atoms with E-state index in [2.05, 4.69) is 0 Å². The average Bonchev–Trinajstić information content (AvgIpc) is 3.35. The van der Waals surface area contributed by atoms with Gasteiger partial charge in [0.05, 0.1) is 28.7 Å². The van der Waals surface area contributed by atoms with E-state index in [4.69, 9.17) is 4.74 Å². The van der Waals surface area contributed by atoms with Gasteiger partial charge in [-0.2, -0.15) is 4.31 Å². The Morgan fingerprint density at radius 2 is 1.72 bits per heavy atom. The molecule has 0 bridgehead atoms. The fourth-order valence-electron chi connectivity index (χ4n) is 5.35. The van der Waals surface area contributed by atoms with Crippen LogP contribution in [0, 0.1) is 30.9 Å². The van der Waals surface area contributed by atoms with E-state index in [1.807, 2.05) is 44.4 Å². The number of likely N-dealkylation sites (N-methyl/N-ethyl adjacent to an activating group) is 1. The molecule has 0 N–H and O–H groups in total. The van der Waals surface area contributed by atoms with E-state index in [0.29, 0.717) is 36.6 Å². The zero-order chi connectivity index (χ0) is 28.1. The van der Waals surface area contributed by atoms with Gasteiger partial charge in [0.25, 0.3) is 11.6 Å². The van der Waals surface area contributed by atoms with Crippen molar-refractivity contribution < 1.29 is 22.9 Å². The number of ether oxygens (including phenoxy) is 1. The van der Waals surface area contributed by atoms with E-state index in [9.17, 15) is 23.3 Å². The van der Waals surface area contributed by atoms with Crippen LogP contribution in [0.4, 0.5) is 11.4 Å². The maximum Gasteiger partial charge on any atom is 0.269 e. The summed E-state index contributed by atoms with van der Waals surface area (Å²) in [6, 6.07) is 11.6. The van der Waals surface area contributed by atoms with Crippen molar-refractivity contribution in [3.05, 3.63) is 80.7 Å². The van der Waals surface area contributed by atoms with Crippen LogP contribution in [0.1, 0.15) is 35.0 Å². The summed E-state index contributed by atoms with van der Waals surface area (Å²) in [6.07, 6.45) is 1.81. The lowest BCUT2D eigenvalue weighted by Gasteiger charge is -2.26. The second kappa shape index (κ2) is 10.1. The van der Waals surface area contributed by atoms with Gasteiger partial charge in [0, 0.05) is 60.0 Å². The zero-order valence-electron chi connectivity index (χ0n) is 22.3. The Morgan fingerprint density at radius 1 is 1.03 bits per heavy atom. The highest BCUT2D eigenvalue weighted by Gasteiger charge is 2.34.